The molecule has 0 bridgehead atoms. The molecule has 0 saturated carbocycles. The van der Waals surface area contributed by atoms with Crippen LogP contribution in [0.25, 0.3) is 0 Å². The number of anilines is 1. The number of hydrogen-bond acceptors (Lipinski definition) is 3. The lowest BCUT2D eigenvalue weighted by molar-refractivity contribution is -0.764. The van der Waals surface area contributed by atoms with E-state index in [1.54, 1.807) is 10.9 Å². The Bertz CT molecular complexity index is 424. The van der Waals surface area contributed by atoms with Crippen molar-refractivity contribution in [3.05, 3.63) is 42.1 Å². The van der Waals surface area contributed by atoms with Gasteiger partial charge in [-0.05, 0) is 10.2 Å². The van der Waals surface area contributed by atoms with Gasteiger partial charge in [0.2, 0.25) is 5.27 Å². The van der Waals surface area contributed by atoms with Crippen molar-refractivity contribution in [2.45, 2.75) is 19.4 Å². The third-order valence-corrected chi connectivity index (χ3v) is 2.36. The Labute approximate surface area is 88.3 Å². The molecule has 0 aliphatic heterocycles. The van der Waals surface area contributed by atoms with Crippen molar-refractivity contribution in [2.75, 3.05) is 5.73 Å². The lowest BCUT2D eigenvalue weighted by Gasteiger charge is -2.04. The fourth-order valence-corrected chi connectivity index (χ4v) is 1.55. The summed E-state index contributed by atoms with van der Waals surface area (Å²) in [6.07, 6.45) is 1.69. The smallest absolute Gasteiger partial charge is 0.293 e. The van der Waals surface area contributed by atoms with Crippen molar-refractivity contribution in [3.8, 4) is 0 Å². The lowest BCUT2D eigenvalue weighted by atomic mass is 10.0. The fraction of sp³-hybridized carbons (Fsp3) is 0.273. The van der Waals surface area contributed by atoms with Gasteiger partial charge in [-0.15, -0.1) is 0 Å². The maximum absolute atomic E-state index is 5.44. The van der Waals surface area contributed by atoms with Crippen molar-refractivity contribution >= 4 is 5.88 Å². The standard InChI is InChI=1S/C11H14N3O/c1-9(10-5-3-2-4-6-10)7-14-8-11(12)15-13-14/h2-6,8-9H,7,12H2,1H3/q+1. The van der Waals surface area contributed by atoms with Gasteiger partial charge in [0.05, 0.1) is 0 Å². The highest BCUT2D eigenvalue weighted by Crippen LogP contribution is 2.14. The Balaban J connectivity index is 2.07. The Morgan fingerprint density at radius 3 is 2.73 bits per heavy atom. The molecule has 15 heavy (non-hydrogen) atoms. The minimum Gasteiger partial charge on any atom is -0.362 e. The van der Waals surface area contributed by atoms with E-state index in [1.165, 1.54) is 5.56 Å². The number of benzene rings is 1. The van der Waals surface area contributed by atoms with Crippen molar-refractivity contribution in [1.29, 1.82) is 0 Å². The second kappa shape index (κ2) is 4.13. The molecule has 0 aliphatic rings. The van der Waals surface area contributed by atoms with Crippen molar-refractivity contribution in [2.24, 2.45) is 0 Å². The minimum absolute atomic E-state index is 0.343. The number of hydrogen-bond donors (Lipinski definition) is 1. The third-order valence-electron chi connectivity index (χ3n) is 2.36. The summed E-state index contributed by atoms with van der Waals surface area (Å²) in [5.74, 6) is 0.732. The summed E-state index contributed by atoms with van der Waals surface area (Å²) >= 11 is 0. The van der Waals surface area contributed by atoms with E-state index < -0.39 is 0 Å². The van der Waals surface area contributed by atoms with Gasteiger partial charge in [0.1, 0.15) is 0 Å². The molecule has 4 heteroatoms. The number of nitrogens with zero attached hydrogens (tertiary/aromatic N) is 2. The lowest BCUT2D eigenvalue weighted by Crippen LogP contribution is -2.37. The van der Waals surface area contributed by atoms with Gasteiger partial charge in [0.25, 0.3) is 12.1 Å². The van der Waals surface area contributed by atoms with Gasteiger partial charge in [-0.1, -0.05) is 37.3 Å². The van der Waals surface area contributed by atoms with Gasteiger partial charge in [0.15, 0.2) is 6.54 Å². The molecule has 4 nitrogen and oxygen atoms in total. The average molecular weight is 204 g/mol. The molecule has 1 atom stereocenters. The molecule has 0 aliphatic carbocycles. The SMILES string of the molecule is CC(C[n+]1cc(N)on1)c1ccccc1. The van der Waals surface area contributed by atoms with E-state index in [0.717, 1.165) is 6.54 Å². The predicted molar refractivity (Wildman–Crippen MR) is 56.0 cm³/mol. The van der Waals surface area contributed by atoms with Crippen molar-refractivity contribution in [1.82, 2.24) is 5.27 Å². The van der Waals surface area contributed by atoms with Crippen LogP contribution in [0.15, 0.2) is 41.1 Å². The van der Waals surface area contributed by atoms with Crippen molar-refractivity contribution < 1.29 is 9.20 Å². The van der Waals surface area contributed by atoms with Crippen LogP contribution < -0.4 is 10.4 Å². The molecule has 0 radical (unpaired) electrons. The molecule has 0 fully saturated rings. The Kier molecular flexibility index (Phi) is 2.67. The van der Waals surface area contributed by atoms with Crippen LogP contribution in [-0.2, 0) is 6.54 Å². The number of aromatic nitrogens is 2. The zero-order valence-corrected chi connectivity index (χ0v) is 8.63. The van der Waals surface area contributed by atoms with Crippen LogP contribution in [0.2, 0.25) is 0 Å². The first-order valence-corrected chi connectivity index (χ1v) is 4.92. The highest BCUT2D eigenvalue weighted by molar-refractivity contribution is 5.18. The largest absolute Gasteiger partial charge is 0.362 e. The Morgan fingerprint density at radius 1 is 1.40 bits per heavy atom. The van der Waals surface area contributed by atoms with Crippen LogP contribution in [0.3, 0.4) is 0 Å². The molecule has 0 amide bonds. The van der Waals surface area contributed by atoms with Crippen LogP contribution in [0.5, 0.6) is 0 Å². The second-order valence-corrected chi connectivity index (χ2v) is 3.64. The van der Waals surface area contributed by atoms with E-state index in [2.05, 4.69) is 24.3 Å². The second-order valence-electron chi connectivity index (χ2n) is 3.64. The summed E-state index contributed by atoms with van der Waals surface area (Å²) in [6, 6.07) is 10.3. The maximum Gasteiger partial charge on any atom is 0.293 e. The molecule has 0 spiro atoms. The van der Waals surface area contributed by atoms with E-state index >= 15 is 0 Å². The summed E-state index contributed by atoms with van der Waals surface area (Å²) in [5.41, 5.74) is 6.73. The Hall–Kier alpha value is -1.84. The van der Waals surface area contributed by atoms with Gasteiger partial charge < -0.3 is 5.73 Å². The molecule has 0 saturated heterocycles. The molecule has 2 N–H and O–H groups in total. The molecule has 1 heterocycles. The molecule has 1 aromatic heterocycles. The van der Waals surface area contributed by atoms with Crippen LogP contribution in [-0.4, -0.2) is 5.27 Å². The molecular formula is C11H14N3O+. The minimum atomic E-state index is 0.343. The number of rotatable bonds is 3. The molecule has 2 aromatic rings. The van der Waals surface area contributed by atoms with Crippen LogP contribution in [0, 0.1) is 0 Å². The highest BCUT2D eigenvalue weighted by Gasteiger charge is 2.15. The quantitative estimate of drug-likeness (QED) is 0.768. The van der Waals surface area contributed by atoms with Crippen LogP contribution in [0.1, 0.15) is 18.4 Å². The molecule has 1 aromatic carbocycles. The summed E-state index contributed by atoms with van der Waals surface area (Å²) in [4.78, 5) is 0. The summed E-state index contributed by atoms with van der Waals surface area (Å²) < 4.78 is 6.51. The summed E-state index contributed by atoms with van der Waals surface area (Å²) in [5, 5.41) is 3.80. The van der Waals surface area contributed by atoms with Gasteiger partial charge in [-0.2, -0.15) is 0 Å². The first-order valence-electron chi connectivity index (χ1n) is 4.92. The van der Waals surface area contributed by atoms with Crippen LogP contribution >= 0.6 is 0 Å². The van der Waals surface area contributed by atoms with Gasteiger partial charge in [-0.25, -0.2) is 0 Å². The van der Waals surface area contributed by atoms with Crippen molar-refractivity contribution in [3.63, 3.8) is 0 Å². The van der Waals surface area contributed by atoms with Gasteiger partial charge >= 0.3 is 0 Å². The third kappa shape index (κ3) is 2.34. The molecule has 2 rings (SSSR count). The predicted octanol–water partition coefficient (Wildman–Crippen LogP) is 1.35. The molecule has 78 valence electrons. The molecule has 1 unspecified atom stereocenters. The van der Waals surface area contributed by atoms with E-state index in [4.69, 9.17) is 10.3 Å². The highest BCUT2D eigenvalue weighted by atomic mass is 16.5. The van der Waals surface area contributed by atoms with E-state index in [-0.39, 0.29) is 0 Å². The van der Waals surface area contributed by atoms with Crippen LogP contribution in [0.4, 0.5) is 5.88 Å². The molecular weight excluding hydrogens is 190 g/mol. The fourth-order valence-electron chi connectivity index (χ4n) is 1.55. The van der Waals surface area contributed by atoms with E-state index in [1.807, 2.05) is 18.2 Å². The topological polar surface area (TPSA) is 55.9 Å². The first kappa shape index (κ1) is 9.71. The normalized spacial score (nSPS) is 12.6. The first-order chi connectivity index (χ1) is 7.25. The number of nitrogens with two attached hydrogens (primary N) is 1. The zero-order valence-electron chi connectivity index (χ0n) is 8.63. The van der Waals surface area contributed by atoms with Gasteiger partial charge in [0, 0.05) is 5.92 Å². The van der Waals surface area contributed by atoms with E-state index in [0.29, 0.717) is 11.8 Å². The zero-order chi connectivity index (χ0) is 10.7. The average Bonchev–Trinajstić information content (AvgIpc) is 2.65. The summed E-state index contributed by atoms with van der Waals surface area (Å²) in [6.45, 7) is 2.91. The number of nitrogen functional groups attached to an aromatic ring is 1. The summed E-state index contributed by atoms with van der Waals surface area (Å²) in [7, 11) is 0. The Morgan fingerprint density at radius 2 is 2.13 bits per heavy atom. The monoisotopic (exact) mass is 204 g/mol. The maximum atomic E-state index is 5.44. The van der Waals surface area contributed by atoms with E-state index in [9.17, 15) is 0 Å². The van der Waals surface area contributed by atoms with Gasteiger partial charge in [-0.3, -0.25) is 4.52 Å².